The van der Waals surface area contributed by atoms with Gasteiger partial charge in [-0.05, 0) is 31.4 Å². The monoisotopic (exact) mass is 284 g/mol. The minimum absolute atomic E-state index is 0. The molecular weight excluding hydrogens is 264 g/mol. The number of benzene rings is 1. The number of nitrogens with one attached hydrogen (secondary N) is 2. The van der Waals surface area contributed by atoms with Crippen LogP contribution in [0.2, 0.25) is 0 Å². The van der Waals surface area contributed by atoms with E-state index in [2.05, 4.69) is 10.6 Å². The van der Waals surface area contributed by atoms with Crippen LogP contribution in [0.1, 0.15) is 18.4 Å². The molecule has 0 aromatic heterocycles. The number of hydrogen-bond acceptors (Lipinski definition) is 3. The van der Waals surface area contributed by atoms with Gasteiger partial charge in [0.1, 0.15) is 5.75 Å². The summed E-state index contributed by atoms with van der Waals surface area (Å²) in [7, 11) is 1.64. The average Bonchev–Trinajstić information content (AvgIpc) is 3.21. The zero-order valence-corrected chi connectivity index (χ0v) is 12.0. The third-order valence-electron chi connectivity index (χ3n) is 3.08. The number of rotatable bonds is 7. The lowest BCUT2D eigenvalue weighted by atomic mass is 10.2. The van der Waals surface area contributed by atoms with Crippen LogP contribution in [0.3, 0.4) is 0 Å². The minimum atomic E-state index is 0. The van der Waals surface area contributed by atoms with Crippen molar-refractivity contribution in [1.82, 2.24) is 10.6 Å². The van der Waals surface area contributed by atoms with Crippen LogP contribution in [0.4, 0.5) is 0 Å². The summed E-state index contributed by atoms with van der Waals surface area (Å²) in [5.41, 5.74) is 0.996. The molecule has 0 aliphatic heterocycles. The summed E-state index contributed by atoms with van der Waals surface area (Å²) in [5, 5.41) is 6.06. The molecule has 1 aliphatic rings. The normalized spacial score (nSPS) is 13.5. The van der Waals surface area contributed by atoms with Crippen molar-refractivity contribution in [2.45, 2.75) is 19.4 Å². The van der Waals surface area contributed by atoms with Gasteiger partial charge in [0, 0.05) is 12.1 Å². The van der Waals surface area contributed by atoms with Crippen molar-refractivity contribution >= 4 is 18.3 Å². The second-order valence-corrected chi connectivity index (χ2v) is 4.66. The Morgan fingerprint density at radius 3 is 2.79 bits per heavy atom. The zero-order chi connectivity index (χ0) is 12.8. The van der Waals surface area contributed by atoms with Crippen LogP contribution in [0.25, 0.3) is 0 Å². The maximum Gasteiger partial charge on any atom is 0.234 e. The van der Waals surface area contributed by atoms with E-state index in [-0.39, 0.29) is 18.3 Å². The van der Waals surface area contributed by atoms with E-state index in [1.807, 2.05) is 24.3 Å². The first-order valence-corrected chi connectivity index (χ1v) is 6.39. The average molecular weight is 285 g/mol. The Morgan fingerprint density at radius 1 is 1.37 bits per heavy atom. The Bertz CT molecular complexity index is 408. The first-order valence-electron chi connectivity index (χ1n) is 6.39. The third-order valence-corrected chi connectivity index (χ3v) is 3.08. The van der Waals surface area contributed by atoms with Gasteiger partial charge in [-0.2, -0.15) is 0 Å². The second-order valence-electron chi connectivity index (χ2n) is 4.66. The van der Waals surface area contributed by atoms with Crippen LogP contribution >= 0.6 is 12.4 Å². The van der Waals surface area contributed by atoms with Crippen molar-refractivity contribution in [3.8, 4) is 5.75 Å². The number of carbonyl (C=O) groups excluding carboxylic acids is 1. The minimum Gasteiger partial charge on any atom is -0.496 e. The quantitative estimate of drug-likeness (QED) is 0.802. The molecule has 1 amide bonds. The highest BCUT2D eigenvalue weighted by Gasteiger charge is 2.20. The van der Waals surface area contributed by atoms with Crippen LogP contribution in [-0.4, -0.2) is 26.1 Å². The summed E-state index contributed by atoms with van der Waals surface area (Å²) in [4.78, 5) is 11.6. The van der Waals surface area contributed by atoms with Gasteiger partial charge >= 0.3 is 0 Å². The summed E-state index contributed by atoms with van der Waals surface area (Å²) >= 11 is 0. The fourth-order valence-electron chi connectivity index (χ4n) is 1.82. The topological polar surface area (TPSA) is 50.4 Å². The number of amides is 1. The van der Waals surface area contributed by atoms with Gasteiger partial charge in [-0.3, -0.25) is 4.79 Å². The number of methoxy groups -OCH3 is 1. The maximum absolute atomic E-state index is 11.6. The molecule has 19 heavy (non-hydrogen) atoms. The van der Waals surface area contributed by atoms with Gasteiger partial charge in [0.25, 0.3) is 0 Å². The molecule has 0 saturated heterocycles. The molecule has 5 heteroatoms. The van der Waals surface area contributed by atoms with E-state index in [1.165, 1.54) is 12.8 Å². The first kappa shape index (κ1) is 15.8. The Hall–Kier alpha value is -1.26. The number of hydrogen-bond donors (Lipinski definition) is 2. The lowest BCUT2D eigenvalue weighted by Gasteiger charge is -2.09. The van der Waals surface area contributed by atoms with Gasteiger partial charge in [-0.1, -0.05) is 18.2 Å². The molecule has 1 aromatic rings. The van der Waals surface area contributed by atoms with Gasteiger partial charge < -0.3 is 15.4 Å². The maximum atomic E-state index is 11.6. The molecular formula is C14H21ClN2O2. The van der Waals surface area contributed by atoms with Gasteiger partial charge in [0.2, 0.25) is 5.91 Å². The first-order chi connectivity index (χ1) is 8.79. The van der Waals surface area contributed by atoms with Gasteiger partial charge in [-0.25, -0.2) is 0 Å². The van der Waals surface area contributed by atoms with E-state index in [4.69, 9.17) is 4.74 Å². The SMILES string of the molecule is COc1ccccc1CNC(=O)CNCC1CC1.Cl. The molecule has 2 N–H and O–H groups in total. The molecule has 0 bridgehead atoms. The highest BCUT2D eigenvalue weighted by Crippen LogP contribution is 2.27. The van der Waals surface area contributed by atoms with Crippen LogP contribution in [0.5, 0.6) is 5.75 Å². The molecule has 0 heterocycles. The van der Waals surface area contributed by atoms with Crippen LogP contribution in [0.15, 0.2) is 24.3 Å². The molecule has 0 unspecified atom stereocenters. The van der Waals surface area contributed by atoms with Gasteiger partial charge in [-0.15, -0.1) is 12.4 Å². The van der Waals surface area contributed by atoms with E-state index in [1.54, 1.807) is 7.11 Å². The van der Waals surface area contributed by atoms with E-state index >= 15 is 0 Å². The molecule has 106 valence electrons. The highest BCUT2D eigenvalue weighted by molar-refractivity contribution is 5.85. The molecule has 0 radical (unpaired) electrons. The Balaban J connectivity index is 0.00000180. The predicted molar refractivity (Wildman–Crippen MR) is 77.7 cm³/mol. The summed E-state index contributed by atoms with van der Waals surface area (Å²) in [5.74, 6) is 1.64. The van der Waals surface area contributed by atoms with Gasteiger partial charge in [0.15, 0.2) is 0 Å². The zero-order valence-electron chi connectivity index (χ0n) is 11.1. The van der Waals surface area contributed by atoms with E-state index in [0.717, 1.165) is 23.8 Å². The lowest BCUT2D eigenvalue weighted by molar-refractivity contribution is -0.120. The number of para-hydroxylation sites is 1. The molecule has 1 aliphatic carbocycles. The molecule has 0 spiro atoms. The standard InChI is InChI=1S/C14H20N2O2.ClH/c1-18-13-5-3-2-4-12(13)9-16-14(17)10-15-8-11-6-7-11;/h2-5,11,15H,6-10H2,1H3,(H,16,17);1H. The molecule has 1 saturated carbocycles. The largest absolute Gasteiger partial charge is 0.496 e. The lowest BCUT2D eigenvalue weighted by Crippen LogP contribution is -2.34. The summed E-state index contributed by atoms with van der Waals surface area (Å²) in [6, 6.07) is 7.71. The van der Waals surface area contributed by atoms with E-state index in [9.17, 15) is 4.79 Å². The molecule has 2 rings (SSSR count). The van der Waals surface area contributed by atoms with Crippen molar-refractivity contribution in [3.05, 3.63) is 29.8 Å². The summed E-state index contributed by atoms with van der Waals surface area (Å²) < 4.78 is 5.23. The Morgan fingerprint density at radius 2 is 2.11 bits per heavy atom. The van der Waals surface area contributed by atoms with E-state index in [0.29, 0.717) is 13.1 Å². The fraction of sp³-hybridized carbons (Fsp3) is 0.500. The molecule has 4 nitrogen and oxygen atoms in total. The summed E-state index contributed by atoms with van der Waals surface area (Å²) in [6.07, 6.45) is 2.60. The van der Waals surface area contributed by atoms with Gasteiger partial charge in [0.05, 0.1) is 13.7 Å². The third kappa shape index (κ3) is 5.49. The Kier molecular flexibility index (Phi) is 6.67. The predicted octanol–water partition coefficient (Wildman–Crippen LogP) is 1.73. The van der Waals surface area contributed by atoms with Crippen molar-refractivity contribution in [2.24, 2.45) is 5.92 Å². The Labute approximate surface area is 120 Å². The molecule has 1 aromatic carbocycles. The van der Waals surface area contributed by atoms with Crippen LogP contribution in [0, 0.1) is 5.92 Å². The number of halogens is 1. The van der Waals surface area contributed by atoms with Crippen molar-refractivity contribution < 1.29 is 9.53 Å². The van der Waals surface area contributed by atoms with E-state index < -0.39 is 0 Å². The number of carbonyl (C=O) groups is 1. The van der Waals surface area contributed by atoms with Crippen molar-refractivity contribution in [1.29, 1.82) is 0 Å². The van der Waals surface area contributed by atoms with Crippen LogP contribution in [-0.2, 0) is 11.3 Å². The van der Waals surface area contributed by atoms with Crippen molar-refractivity contribution in [2.75, 3.05) is 20.2 Å². The number of ether oxygens (including phenoxy) is 1. The fourth-order valence-corrected chi connectivity index (χ4v) is 1.82. The summed E-state index contributed by atoms with van der Waals surface area (Å²) in [6.45, 7) is 1.86. The molecule has 1 fully saturated rings. The van der Waals surface area contributed by atoms with Crippen LogP contribution < -0.4 is 15.4 Å². The second kappa shape index (κ2) is 8.02. The highest BCUT2D eigenvalue weighted by atomic mass is 35.5. The molecule has 0 atom stereocenters. The van der Waals surface area contributed by atoms with Crippen molar-refractivity contribution in [3.63, 3.8) is 0 Å². The smallest absolute Gasteiger partial charge is 0.234 e.